The highest BCUT2D eigenvalue weighted by molar-refractivity contribution is 6.21. The number of para-hydroxylation sites is 1. The first kappa shape index (κ1) is 18.2. The van der Waals surface area contributed by atoms with Crippen LogP contribution >= 0.6 is 0 Å². The number of carbonyl (C=O) groups excluding carboxylic acids is 3. The summed E-state index contributed by atoms with van der Waals surface area (Å²) in [5.41, 5.74) is 7.80. The number of carbonyl (C=O) groups is 3. The molecule has 3 aromatic rings. The third-order valence-electron chi connectivity index (χ3n) is 4.51. The number of anilines is 2. The van der Waals surface area contributed by atoms with Crippen molar-refractivity contribution in [1.82, 2.24) is 4.90 Å². The molecule has 7 nitrogen and oxygen atoms in total. The second-order valence-corrected chi connectivity index (χ2v) is 6.46. The molecule has 1 heterocycles. The molecule has 7 heteroatoms. The van der Waals surface area contributed by atoms with Crippen LogP contribution in [0.4, 0.5) is 11.4 Å². The number of nitrogen functional groups attached to an aromatic ring is 1. The van der Waals surface area contributed by atoms with Gasteiger partial charge in [-0.15, -0.1) is 0 Å². The summed E-state index contributed by atoms with van der Waals surface area (Å²) < 4.78 is 5.29. The van der Waals surface area contributed by atoms with E-state index in [9.17, 15) is 14.4 Å². The molecule has 3 aromatic carbocycles. The molecule has 0 unspecified atom stereocenters. The summed E-state index contributed by atoms with van der Waals surface area (Å²) in [7, 11) is 0. The fraction of sp³-hybridized carbons (Fsp3) is 0.0455. The van der Waals surface area contributed by atoms with Gasteiger partial charge in [-0.3, -0.25) is 14.5 Å². The van der Waals surface area contributed by atoms with Crippen molar-refractivity contribution >= 4 is 29.2 Å². The average molecular weight is 387 g/mol. The third kappa shape index (κ3) is 3.66. The van der Waals surface area contributed by atoms with Crippen molar-refractivity contribution in [2.45, 2.75) is 0 Å². The number of benzene rings is 3. The number of hydrogen-bond acceptors (Lipinski definition) is 6. The molecular weight excluding hydrogens is 370 g/mol. The van der Waals surface area contributed by atoms with Gasteiger partial charge in [0.25, 0.3) is 11.8 Å². The number of rotatable bonds is 5. The fourth-order valence-corrected chi connectivity index (χ4v) is 3.00. The van der Waals surface area contributed by atoms with E-state index in [1.54, 1.807) is 60.7 Å². The third-order valence-corrected chi connectivity index (χ3v) is 4.51. The van der Waals surface area contributed by atoms with E-state index >= 15 is 0 Å². The Balaban J connectivity index is 1.39. The predicted molar refractivity (Wildman–Crippen MR) is 108 cm³/mol. The molecule has 0 bridgehead atoms. The molecular formula is C22H17N3O4. The summed E-state index contributed by atoms with van der Waals surface area (Å²) in [5.74, 6) is -0.778. The summed E-state index contributed by atoms with van der Waals surface area (Å²) in [6, 6.07) is 20.0. The Morgan fingerprint density at radius 3 is 2.31 bits per heavy atom. The molecule has 0 saturated heterocycles. The molecule has 144 valence electrons. The van der Waals surface area contributed by atoms with Crippen LogP contribution in [-0.4, -0.2) is 29.4 Å². The molecule has 0 radical (unpaired) electrons. The number of fused-ring (bicyclic) bond motifs is 1. The highest BCUT2D eigenvalue weighted by atomic mass is 16.5. The van der Waals surface area contributed by atoms with Crippen LogP contribution in [0.15, 0.2) is 72.8 Å². The smallest absolute Gasteiger partial charge is 0.343 e. The maximum absolute atomic E-state index is 12.4. The number of ether oxygens (including phenoxy) is 1. The van der Waals surface area contributed by atoms with E-state index in [0.29, 0.717) is 33.8 Å². The summed E-state index contributed by atoms with van der Waals surface area (Å²) in [6.07, 6.45) is 0. The number of amides is 2. The van der Waals surface area contributed by atoms with Gasteiger partial charge in [-0.25, -0.2) is 4.79 Å². The van der Waals surface area contributed by atoms with Gasteiger partial charge in [-0.05, 0) is 54.6 Å². The minimum Gasteiger partial charge on any atom is -0.423 e. The van der Waals surface area contributed by atoms with Crippen LogP contribution in [-0.2, 0) is 0 Å². The highest BCUT2D eigenvalue weighted by Crippen LogP contribution is 2.25. The zero-order valence-corrected chi connectivity index (χ0v) is 15.3. The summed E-state index contributed by atoms with van der Waals surface area (Å²) in [4.78, 5) is 38.2. The van der Waals surface area contributed by atoms with E-state index in [1.807, 2.05) is 6.07 Å². The Morgan fingerprint density at radius 2 is 1.59 bits per heavy atom. The highest BCUT2D eigenvalue weighted by Gasteiger charge is 2.35. The van der Waals surface area contributed by atoms with Crippen LogP contribution in [0.5, 0.6) is 5.75 Å². The minimum atomic E-state index is -0.472. The van der Waals surface area contributed by atoms with Crippen molar-refractivity contribution in [3.8, 4) is 5.75 Å². The first-order valence-corrected chi connectivity index (χ1v) is 8.90. The van der Waals surface area contributed by atoms with Crippen LogP contribution in [0.3, 0.4) is 0 Å². The lowest BCUT2D eigenvalue weighted by Crippen LogP contribution is -2.34. The Kier molecular flexibility index (Phi) is 4.70. The fourth-order valence-electron chi connectivity index (χ4n) is 3.00. The number of nitrogens with two attached hydrogens (primary N) is 1. The summed E-state index contributed by atoms with van der Waals surface area (Å²) >= 11 is 0. The van der Waals surface area contributed by atoms with Gasteiger partial charge in [0.1, 0.15) is 5.75 Å². The van der Waals surface area contributed by atoms with Crippen molar-refractivity contribution in [3.63, 3.8) is 0 Å². The van der Waals surface area contributed by atoms with Crippen LogP contribution in [0.2, 0.25) is 0 Å². The quantitative estimate of drug-likeness (QED) is 0.302. The van der Waals surface area contributed by atoms with Crippen LogP contribution in [0.25, 0.3) is 0 Å². The molecule has 4 rings (SSSR count). The molecule has 1 aliphatic rings. The van der Waals surface area contributed by atoms with E-state index in [0.717, 1.165) is 4.90 Å². The molecule has 0 fully saturated rings. The van der Waals surface area contributed by atoms with E-state index in [1.165, 1.54) is 6.07 Å². The molecule has 29 heavy (non-hydrogen) atoms. The van der Waals surface area contributed by atoms with Crippen LogP contribution < -0.4 is 15.8 Å². The van der Waals surface area contributed by atoms with E-state index in [4.69, 9.17) is 10.5 Å². The van der Waals surface area contributed by atoms with Gasteiger partial charge in [0.05, 0.1) is 23.4 Å². The summed E-state index contributed by atoms with van der Waals surface area (Å²) in [6.45, 7) is 0.0000594. The van der Waals surface area contributed by atoms with E-state index in [2.05, 4.69) is 5.32 Å². The van der Waals surface area contributed by atoms with Gasteiger partial charge in [0.15, 0.2) is 0 Å². The molecule has 0 aromatic heterocycles. The number of hydrogen-bond donors (Lipinski definition) is 2. The lowest BCUT2D eigenvalue weighted by molar-refractivity contribution is 0.0664. The molecule has 3 N–H and O–H groups in total. The van der Waals surface area contributed by atoms with Crippen molar-refractivity contribution < 1.29 is 19.1 Å². The van der Waals surface area contributed by atoms with Gasteiger partial charge in [0, 0.05) is 11.4 Å². The standard InChI is InChI=1S/C22H17N3O4/c23-15-8-11-18-19(12-15)21(27)25(20(18)26)13-24-16-9-6-14(7-10-16)22(28)29-17-4-2-1-3-5-17/h1-12,24H,13,23H2. The lowest BCUT2D eigenvalue weighted by atomic mass is 10.1. The average Bonchev–Trinajstić information content (AvgIpc) is 2.97. The maximum atomic E-state index is 12.4. The minimum absolute atomic E-state index is 0.0000594. The zero-order valence-electron chi connectivity index (χ0n) is 15.3. The van der Waals surface area contributed by atoms with Crippen LogP contribution in [0.1, 0.15) is 31.1 Å². The summed E-state index contributed by atoms with van der Waals surface area (Å²) in [5, 5.41) is 3.01. The van der Waals surface area contributed by atoms with E-state index < -0.39 is 11.9 Å². The zero-order chi connectivity index (χ0) is 20.4. The largest absolute Gasteiger partial charge is 0.423 e. The number of nitrogens with one attached hydrogen (secondary N) is 1. The lowest BCUT2D eigenvalue weighted by Gasteiger charge is -2.15. The van der Waals surface area contributed by atoms with Crippen LogP contribution in [0, 0.1) is 0 Å². The van der Waals surface area contributed by atoms with E-state index in [-0.39, 0.29) is 12.6 Å². The topological polar surface area (TPSA) is 102 Å². The van der Waals surface area contributed by atoms with Gasteiger partial charge in [-0.2, -0.15) is 0 Å². The van der Waals surface area contributed by atoms with Gasteiger partial charge in [-0.1, -0.05) is 18.2 Å². The predicted octanol–water partition coefficient (Wildman–Crippen LogP) is 3.15. The second kappa shape index (κ2) is 7.47. The van der Waals surface area contributed by atoms with Crippen molar-refractivity contribution in [3.05, 3.63) is 89.5 Å². The van der Waals surface area contributed by atoms with Gasteiger partial charge < -0.3 is 15.8 Å². The maximum Gasteiger partial charge on any atom is 0.343 e. The number of imide groups is 1. The normalized spacial score (nSPS) is 12.6. The van der Waals surface area contributed by atoms with Crippen molar-refractivity contribution in [2.24, 2.45) is 0 Å². The second-order valence-electron chi connectivity index (χ2n) is 6.46. The molecule has 0 saturated carbocycles. The monoisotopic (exact) mass is 387 g/mol. The molecule has 0 atom stereocenters. The van der Waals surface area contributed by atoms with Gasteiger partial charge >= 0.3 is 5.97 Å². The number of esters is 1. The Labute approximate surface area is 166 Å². The Hall–Kier alpha value is -4.13. The Morgan fingerprint density at radius 1 is 0.897 bits per heavy atom. The van der Waals surface area contributed by atoms with Gasteiger partial charge in [0.2, 0.25) is 0 Å². The molecule has 0 spiro atoms. The van der Waals surface area contributed by atoms with Crippen molar-refractivity contribution in [2.75, 3.05) is 17.7 Å². The SMILES string of the molecule is Nc1ccc2c(c1)C(=O)N(CNc1ccc(C(=O)Oc3ccccc3)cc1)C2=O. The van der Waals surface area contributed by atoms with Crippen molar-refractivity contribution in [1.29, 1.82) is 0 Å². The first-order valence-electron chi connectivity index (χ1n) is 8.90. The first-order chi connectivity index (χ1) is 14.0. The number of nitrogens with zero attached hydrogens (tertiary/aromatic N) is 1. The Bertz CT molecular complexity index is 1090. The molecule has 2 amide bonds. The molecule has 1 aliphatic heterocycles. The molecule has 0 aliphatic carbocycles.